The average Bonchev–Trinajstić information content (AvgIpc) is 1.79. The SMILES string of the molecule is CC(C)C[C@H](NC(=O)[C@@H](CCCN=C(N)N)NC(=O)[C@H](Cc1ccc(O)cc1)NC(=O)[C@H](CO)NC(=O)[C@@H](CCCCNc1n[nH]c(N)n1)NC(=O)[C@H](Cc1cnc[nH]1)NC(=O)[C@@H]1CCC(=O)N1)C(=O)N[C@@H](CCCCNC(C)C)C(=O)N1CCC[C@H]1C(=O)N[C@H](C)C(N)=O. The predicted octanol–water partition coefficient (Wildman–Crippen LogP) is -4.20. The average molecular weight is 1330 g/mol. The Balaban J connectivity index is 1.39. The molecule has 95 heavy (non-hydrogen) atoms. The highest BCUT2D eigenvalue weighted by molar-refractivity contribution is 5.99. The van der Waals surface area contributed by atoms with Crippen molar-refractivity contribution in [1.29, 1.82) is 0 Å². The van der Waals surface area contributed by atoms with Crippen LogP contribution in [0.5, 0.6) is 5.75 Å². The van der Waals surface area contributed by atoms with E-state index in [9.17, 15) is 63.0 Å². The number of hydrogen-bond acceptors (Lipinski definition) is 20. The summed E-state index contributed by atoms with van der Waals surface area (Å²) >= 11 is 0. The zero-order chi connectivity index (χ0) is 69.7. The second-order valence-electron chi connectivity index (χ2n) is 24.4. The maximum absolute atomic E-state index is 14.8. The number of nitrogens with one attached hydrogen (secondary N) is 13. The number of hydrogen-bond donors (Lipinski definition) is 19. The Morgan fingerprint density at radius 1 is 0.684 bits per heavy atom. The number of aromatic hydroxyl groups is 1. The Morgan fingerprint density at radius 3 is 1.84 bits per heavy atom. The maximum Gasteiger partial charge on any atom is 0.245 e. The van der Waals surface area contributed by atoms with Crippen molar-refractivity contribution in [3.05, 3.63) is 48.0 Å². The molecule has 2 aliphatic rings. The molecule has 5 rings (SSSR count). The highest BCUT2D eigenvalue weighted by Gasteiger charge is 2.40. The second kappa shape index (κ2) is 38.5. The van der Waals surface area contributed by atoms with Crippen LogP contribution in [0.1, 0.15) is 129 Å². The van der Waals surface area contributed by atoms with Crippen LogP contribution in [0.15, 0.2) is 41.8 Å². The summed E-state index contributed by atoms with van der Waals surface area (Å²) in [6.07, 6.45) is 5.23. The number of carbonyl (C=O) groups is 11. The number of aliphatic imine (C=N–C) groups is 1. The molecular formula is C60H96N22O13. The van der Waals surface area contributed by atoms with E-state index in [0.717, 1.165) is 0 Å². The van der Waals surface area contributed by atoms with E-state index in [4.69, 9.17) is 22.9 Å². The summed E-state index contributed by atoms with van der Waals surface area (Å²) in [5, 5.41) is 57.5. The van der Waals surface area contributed by atoms with Gasteiger partial charge in [0.2, 0.25) is 76.9 Å². The van der Waals surface area contributed by atoms with Gasteiger partial charge in [0.15, 0.2) is 5.96 Å². The molecule has 0 radical (unpaired) electrons. The summed E-state index contributed by atoms with van der Waals surface area (Å²) in [5.74, 6) is -8.64. The molecule has 10 atom stereocenters. The standard InChI is InChI=1S/C60H96N22O13/c1-32(2)26-42(52(90)74-41(13-7-8-22-66-33(3)4)57(95)82-25-11-15-46(82)56(94)70-34(5)48(61)86)75-49(87)39(14-10-24-67-58(62)63)73-53(91)43(27-35-16-18-37(84)19-17-35)76-55(93)45(30-83)78-50(88)38(12-6-9-23-68-60-79-59(64)80-81-60)72-54(92)44(28-36-29-65-31-69-36)77-51(89)40-20-21-47(85)71-40/h16-19,29,31-34,38-46,66,83-84H,6-15,20-28,30H2,1-5H3,(H2,61,86)(H,65,69)(H,70,94)(H,71,85)(H,72,92)(H,73,91)(H,74,90)(H,75,87)(H,76,93)(H,77,89)(H,78,88)(H4,62,63,67)(H4,64,68,79,80,81)/t34-,38-,39-,40+,41+,42+,43+,44+,45+,46+/m1/s1. The third kappa shape index (κ3) is 26.0. The molecule has 0 saturated carbocycles. The number of primary amides is 1. The molecule has 35 nitrogen and oxygen atoms in total. The van der Waals surface area contributed by atoms with Gasteiger partial charge in [-0.15, -0.1) is 5.10 Å². The van der Waals surface area contributed by atoms with Crippen LogP contribution in [-0.4, -0.2) is 210 Å². The molecule has 3 aromatic rings. The van der Waals surface area contributed by atoms with Gasteiger partial charge in [-0.25, -0.2) is 10.1 Å². The van der Waals surface area contributed by atoms with Crippen molar-refractivity contribution < 1.29 is 63.0 Å². The van der Waals surface area contributed by atoms with Crippen molar-refractivity contribution in [3.63, 3.8) is 0 Å². The molecule has 4 heterocycles. The third-order valence-electron chi connectivity index (χ3n) is 15.7. The van der Waals surface area contributed by atoms with Crippen LogP contribution in [-0.2, 0) is 65.6 Å². The van der Waals surface area contributed by atoms with Gasteiger partial charge in [0.05, 0.1) is 12.9 Å². The van der Waals surface area contributed by atoms with Crippen LogP contribution in [0.25, 0.3) is 0 Å². The Morgan fingerprint density at radius 2 is 1.26 bits per heavy atom. The Kier molecular flexibility index (Phi) is 30.8. The van der Waals surface area contributed by atoms with Crippen molar-refractivity contribution in [1.82, 2.24) is 83.2 Å². The number of carbonyl (C=O) groups excluding carboxylic acids is 11. The predicted molar refractivity (Wildman–Crippen MR) is 347 cm³/mol. The number of aromatic amines is 2. The molecule has 11 amide bonds. The fraction of sp³-hybridized carbons (Fsp3) is 0.617. The quantitative estimate of drug-likeness (QED) is 0.0145. The lowest BCUT2D eigenvalue weighted by atomic mass is 10.00. The van der Waals surface area contributed by atoms with Gasteiger partial charge in [0, 0.05) is 56.8 Å². The van der Waals surface area contributed by atoms with E-state index >= 15 is 0 Å². The van der Waals surface area contributed by atoms with E-state index in [1.165, 1.54) is 48.6 Å². The Bertz CT molecular complexity index is 3070. The van der Waals surface area contributed by atoms with Gasteiger partial charge in [0.1, 0.15) is 66.2 Å². The molecule has 2 aliphatic heterocycles. The molecule has 0 spiro atoms. The van der Waals surface area contributed by atoms with E-state index in [0.29, 0.717) is 43.5 Å². The maximum atomic E-state index is 14.8. The van der Waals surface area contributed by atoms with Crippen LogP contribution in [0.4, 0.5) is 11.9 Å². The summed E-state index contributed by atoms with van der Waals surface area (Å²) in [4.78, 5) is 169. The highest BCUT2D eigenvalue weighted by atomic mass is 16.3. The lowest BCUT2D eigenvalue weighted by Crippen LogP contribution is -2.61. The van der Waals surface area contributed by atoms with E-state index in [2.05, 4.69) is 88.6 Å². The normalized spacial score (nSPS) is 16.9. The van der Waals surface area contributed by atoms with Crippen LogP contribution in [0.2, 0.25) is 0 Å². The van der Waals surface area contributed by atoms with Crippen molar-refractivity contribution in [3.8, 4) is 5.75 Å². The smallest absolute Gasteiger partial charge is 0.245 e. The minimum atomic E-state index is -1.79. The van der Waals surface area contributed by atoms with Gasteiger partial charge >= 0.3 is 0 Å². The molecule has 2 saturated heterocycles. The number of guanidine groups is 1. The summed E-state index contributed by atoms with van der Waals surface area (Å²) in [6.45, 7) is 9.06. The number of nitrogen functional groups attached to an aromatic ring is 1. The molecule has 0 unspecified atom stereocenters. The summed E-state index contributed by atoms with van der Waals surface area (Å²) < 4.78 is 0. The van der Waals surface area contributed by atoms with Crippen LogP contribution >= 0.6 is 0 Å². The van der Waals surface area contributed by atoms with Gasteiger partial charge in [-0.2, -0.15) is 4.98 Å². The fourth-order valence-electron chi connectivity index (χ4n) is 10.6. The largest absolute Gasteiger partial charge is 0.508 e. The molecule has 35 heteroatoms. The number of amides is 11. The monoisotopic (exact) mass is 1330 g/mol. The number of aliphatic hydroxyl groups is 1. The van der Waals surface area contributed by atoms with Gasteiger partial charge in [0.25, 0.3) is 0 Å². The number of anilines is 2. The Hall–Kier alpha value is -9.67. The van der Waals surface area contributed by atoms with E-state index in [1.807, 2.05) is 27.7 Å². The number of unbranched alkanes of at least 4 members (excludes halogenated alkanes) is 2. The molecule has 2 aromatic heterocycles. The van der Waals surface area contributed by atoms with E-state index < -0.39 is 126 Å². The number of aliphatic hydroxyl groups excluding tert-OH is 1. The first-order valence-corrected chi connectivity index (χ1v) is 32.1. The number of nitrogens with zero attached hydrogens (tertiary/aromatic N) is 5. The molecule has 0 bridgehead atoms. The number of imidazole rings is 1. The number of rotatable bonds is 41. The molecule has 2 fully saturated rings. The third-order valence-corrected chi connectivity index (χ3v) is 15.7. The van der Waals surface area contributed by atoms with E-state index in [1.54, 1.807) is 0 Å². The number of phenolic OH excluding ortho intramolecular Hbond substituents is 1. The van der Waals surface area contributed by atoms with Crippen molar-refractivity contribution in [2.45, 2.75) is 197 Å². The van der Waals surface area contributed by atoms with Gasteiger partial charge in [-0.3, -0.25) is 57.7 Å². The first-order chi connectivity index (χ1) is 45.2. The van der Waals surface area contributed by atoms with Gasteiger partial charge < -0.3 is 102 Å². The molecular weight excluding hydrogens is 1240 g/mol. The summed E-state index contributed by atoms with van der Waals surface area (Å²) in [5.41, 5.74) is 23.1. The topological polar surface area (TPSA) is 550 Å². The summed E-state index contributed by atoms with van der Waals surface area (Å²) in [7, 11) is 0. The molecule has 524 valence electrons. The molecule has 1 aromatic carbocycles. The second-order valence-corrected chi connectivity index (χ2v) is 24.4. The van der Waals surface area contributed by atoms with Crippen molar-refractivity contribution in [2.24, 2.45) is 28.1 Å². The number of nitrogens with two attached hydrogens (primary N) is 4. The number of aromatic nitrogens is 5. The van der Waals surface area contributed by atoms with Crippen LogP contribution in [0, 0.1) is 5.92 Å². The minimum Gasteiger partial charge on any atom is -0.508 e. The van der Waals surface area contributed by atoms with Gasteiger partial charge in [-0.1, -0.05) is 39.8 Å². The molecule has 23 N–H and O–H groups in total. The number of likely N-dealkylation sites (tertiary alicyclic amines) is 1. The highest BCUT2D eigenvalue weighted by Crippen LogP contribution is 2.22. The first kappa shape index (κ1) is 76.0. The van der Waals surface area contributed by atoms with Crippen LogP contribution < -0.4 is 81.4 Å². The number of H-pyrrole nitrogens is 2. The van der Waals surface area contributed by atoms with Crippen molar-refractivity contribution >= 4 is 82.8 Å². The lowest BCUT2D eigenvalue weighted by Gasteiger charge is -2.31. The zero-order valence-electron chi connectivity index (χ0n) is 54.5. The molecule has 0 aliphatic carbocycles. The zero-order valence-corrected chi connectivity index (χ0v) is 54.5. The van der Waals surface area contributed by atoms with Gasteiger partial charge in [-0.05, 0) is 114 Å². The van der Waals surface area contributed by atoms with E-state index in [-0.39, 0.29) is 132 Å². The minimum absolute atomic E-state index is 0.00697. The van der Waals surface area contributed by atoms with Crippen LogP contribution in [0.3, 0.4) is 0 Å². The summed E-state index contributed by atoms with van der Waals surface area (Å²) in [6, 6.07) is -7.14. The number of benzene rings is 1. The van der Waals surface area contributed by atoms with Crippen molar-refractivity contribution in [2.75, 3.05) is 43.8 Å². The first-order valence-electron chi connectivity index (χ1n) is 32.1. The Labute approximate surface area is 550 Å². The fourth-order valence-corrected chi connectivity index (χ4v) is 10.6. The lowest BCUT2D eigenvalue weighted by molar-refractivity contribution is -0.142. The number of phenols is 1.